The number of rotatable bonds is 11. The highest BCUT2D eigenvalue weighted by molar-refractivity contribution is 7.15. The number of carboxylic acid groups (broad SMARTS) is 1. The quantitative estimate of drug-likeness (QED) is 0.479. The van der Waals surface area contributed by atoms with Crippen molar-refractivity contribution in [3.05, 3.63) is 39.9 Å². The van der Waals surface area contributed by atoms with Crippen LogP contribution in [0.15, 0.2) is 18.2 Å². The third-order valence-electron chi connectivity index (χ3n) is 5.81. The van der Waals surface area contributed by atoms with E-state index >= 15 is 0 Å². The van der Waals surface area contributed by atoms with E-state index in [-0.39, 0.29) is 19.1 Å². The van der Waals surface area contributed by atoms with Crippen molar-refractivity contribution in [1.82, 2.24) is 15.2 Å². The highest BCUT2D eigenvalue weighted by atomic mass is 32.1. The highest BCUT2D eigenvalue weighted by Crippen LogP contribution is 2.27. The van der Waals surface area contributed by atoms with Crippen molar-refractivity contribution < 1.29 is 24.2 Å². The molecule has 2 N–H and O–H groups in total. The zero-order valence-electron chi connectivity index (χ0n) is 21.0. The first-order chi connectivity index (χ1) is 16.7. The number of piperazine rings is 1. The van der Waals surface area contributed by atoms with Crippen molar-refractivity contribution in [2.75, 3.05) is 44.7 Å². The van der Waals surface area contributed by atoms with Crippen molar-refractivity contribution in [2.24, 2.45) is 0 Å². The maximum absolute atomic E-state index is 11.9. The number of aliphatic carboxylic acids is 1. The van der Waals surface area contributed by atoms with Gasteiger partial charge < -0.3 is 29.7 Å². The van der Waals surface area contributed by atoms with E-state index in [4.69, 9.17) is 19.6 Å². The molecule has 1 aromatic heterocycles. The fourth-order valence-corrected chi connectivity index (χ4v) is 4.82. The fourth-order valence-electron chi connectivity index (χ4n) is 3.81. The van der Waals surface area contributed by atoms with Gasteiger partial charge in [0, 0.05) is 50.4 Å². The molecule has 3 rings (SSSR count). The molecule has 0 spiro atoms. The summed E-state index contributed by atoms with van der Waals surface area (Å²) in [5.74, 6) is -0.191. The van der Waals surface area contributed by atoms with Crippen LogP contribution in [0, 0.1) is 6.92 Å². The number of carboxylic acids is 1. The number of anilines is 1. The summed E-state index contributed by atoms with van der Waals surface area (Å²) in [6.45, 7) is 10.5. The molecule has 35 heavy (non-hydrogen) atoms. The Balaban J connectivity index is 1.60. The summed E-state index contributed by atoms with van der Waals surface area (Å²) in [4.78, 5) is 33.7. The van der Waals surface area contributed by atoms with E-state index in [1.807, 2.05) is 18.2 Å². The largest absolute Gasteiger partial charge is 0.493 e. The van der Waals surface area contributed by atoms with Gasteiger partial charge in [0.1, 0.15) is 5.75 Å². The van der Waals surface area contributed by atoms with Crippen molar-refractivity contribution in [3.8, 4) is 5.75 Å². The second-order valence-corrected chi connectivity index (χ2v) is 10.2. The number of ether oxygens (including phenoxy) is 2. The lowest BCUT2D eigenvalue weighted by Crippen LogP contribution is -2.44. The molecule has 0 aliphatic carbocycles. The molecule has 1 aliphatic heterocycles. The summed E-state index contributed by atoms with van der Waals surface area (Å²) in [5.41, 5.74) is 2.73. The SMILES string of the molecule is Cc1sc(N2CCN(C)CC2)nc1CCOc1ccc(CCC(=O)O)c(CNC(=O)OC(C)C)c1. The summed E-state index contributed by atoms with van der Waals surface area (Å²) in [6.07, 6.45) is 0.361. The summed E-state index contributed by atoms with van der Waals surface area (Å²) < 4.78 is 11.1. The second-order valence-electron chi connectivity index (χ2n) is 9.02. The van der Waals surface area contributed by atoms with Crippen LogP contribution in [0.3, 0.4) is 0 Å². The maximum atomic E-state index is 11.9. The van der Waals surface area contributed by atoms with Gasteiger partial charge in [0.15, 0.2) is 5.13 Å². The predicted octanol–water partition coefficient (Wildman–Crippen LogP) is 3.48. The number of aryl methyl sites for hydroxylation is 2. The Morgan fingerprint density at radius 1 is 1.17 bits per heavy atom. The molecule has 1 aliphatic rings. The van der Waals surface area contributed by atoms with Crippen LogP contribution in [-0.2, 0) is 28.9 Å². The van der Waals surface area contributed by atoms with Gasteiger partial charge in [-0.1, -0.05) is 6.07 Å². The molecule has 2 aromatic rings. The van der Waals surface area contributed by atoms with Crippen LogP contribution in [0.2, 0.25) is 0 Å². The van der Waals surface area contributed by atoms with Crippen LogP contribution in [0.5, 0.6) is 5.75 Å². The standard InChI is InChI=1S/C25H36N4O5S/c1-17(2)34-25(32)26-16-20-15-21(7-5-19(20)6-8-23(30)31)33-14-9-22-18(3)35-24(27-22)29-12-10-28(4)11-13-29/h5,7,15,17H,6,8-14,16H2,1-4H3,(H,26,32)(H,30,31). The number of hydrogen-bond donors (Lipinski definition) is 2. The summed E-state index contributed by atoms with van der Waals surface area (Å²) in [6, 6.07) is 5.57. The lowest BCUT2D eigenvalue weighted by molar-refractivity contribution is -0.136. The number of carbonyl (C=O) groups excluding carboxylic acids is 1. The Morgan fingerprint density at radius 2 is 1.91 bits per heavy atom. The number of hydrogen-bond acceptors (Lipinski definition) is 8. The minimum Gasteiger partial charge on any atom is -0.493 e. The van der Waals surface area contributed by atoms with Gasteiger partial charge in [0.2, 0.25) is 0 Å². The average Bonchev–Trinajstić information content (AvgIpc) is 3.17. The zero-order valence-corrected chi connectivity index (χ0v) is 21.8. The van der Waals surface area contributed by atoms with Gasteiger partial charge in [0.25, 0.3) is 0 Å². The first-order valence-electron chi connectivity index (χ1n) is 12.0. The first-order valence-corrected chi connectivity index (χ1v) is 12.8. The number of benzene rings is 1. The van der Waals surface area contributed by atoms with Crippen LogP contribution in [0.4, 0.5) is 9.93 Å². The molecule has 0 saturated carbocycles. The number of carbonyl (C=O) groups is 2. The number of aromatic nitrogens is 1. The Kier molecular flexibility index (Phi) is 9.73. The molecule has 1 saturated heterocycles. The minimum atomic E-state index is -0.863. The third kappa shape index (κ3) is 8.40. The molecular formula is C25H36N4O5S. The van der Waals surface area contributed by atoms with E-state index < -0.39 is 12.1 Å². The van der Waals surface area contributed by atoms with E-state index in [2.05, 4.69) is 29.1 Å². The van der Waals surface area contributed by atoms with Crippen molar-refractivity contribution in [1.29, 1.82) is 0 Å². The second kappa shape index (κ2) is 12.7. The lowest BCUT2D eigenvalue weighted by atomic mass is 10.0. The normalized spacial score (nSPS) is 14.3. The number of nitrogens with zero attached hydrogens (tertiary/aromatic N) is 3. The highest BCUT2D eigenvalue weighted by Gasteiger charge is 2.19. The van der Waals surface area contributed by atoms with Gasteiger partial charge in [0.05, 0.1) is 18.4 Å². The van der Waals surface area contributed by atoms with Crippen LogP contribution < -0.4 is 15.0 Å². The molecule has 0 bridgehead atoms. The topological polar surface area (TPSA) is 104 Å². The van der Waals surface area contributed by atoms with Gasteiger partial charge in [-0.2, -0.15) is 0 Å². The number of alkyl carbamates (subject to hydrolysis) is 1. The molecule has 9 nitrogen and oxygen atoms in total. The van der Waals surface area contributed by atoms with E-state index in [1.165, 1.54) is 4.88 Å². The Labute approximate surface area is 211 Å². The molecule has 2 heterocycles. The minimum absolute atomic E-state index is 0.0163. The van der Waals surface area contributed by atoms with Gasteiger partial charge in [-0.3, -0.25) is 4.79 Å². The summed E-state index contributed by atoms with van der Waals surface area (Å²) in [5, 5.41) is 12.9. The Bertz CT molecular complexity index is 1000. The van der Waals surface area contributed by atoms with Crippen molar-refractivity contribution in [3.63, 3.8) is 0 Å². The lowest BCUT2D eigenvalue weighted by Gasteiger charge is -2.32. The summed E-state index contributed by atoms with van der Waals surface area (Å²) >= 11 is 1.73. The molecular weight excluding hydrogens is 468 g/mol. The molecule has 1 fully saturated rings. The number of nitrogens with one attached hydrogen (secondary N) is 1. The van der Waals surface area contributed by atoms with Gasteiger partial charge in [-0.15, -0.1) is 11.3 Å². The van der Waals surface area contributed by atoms with Crippen LogP contribution >= 0.6 is 11.3 Å². The van der Waals surface area contributed by atoms with Gasteiger partial charge >= 0.3 is 12.1 Å². The maximum Gasteiger partial charge on any atom is 0.407 e. The molecule has 1 aromatic carbocycles. The summed E-state index contributed by atoms with van der Waals surface area (Å²) in [7, 11) is 2.14. The third-order valence-corrected chi connectivity index (χ3v) is 6.89. The smallest absolute Gasteiger partial charge is 0.407 e. The van der Waals surface area contributed by atoms with Crippen LogP contribution in [-0.4, -0.2) is 73.0 Å². The molecule has 0 radical (unpaired) electrons. The number of thiazole rings is 1. The Morgan fingerprint density at radius 3 is 2.60 bits per heavy atom. The average molecular weight is 505 g/mol. The molecule has 10 heteroatoms. The zero-order chi connectivity index (χ0) is 25.4. The van der Waals surface area contributed by atoms with Crippen LogP contribution in [0.1, 0.15) is 42.0 Å². The van der Waals surface area contributed by atoms with E-state index in [0.717, 1.165) is 48.1 Å². The van der Waals surface area contributed by atoms with Crippen LogP contribution in [0.25, 0.3) is 0 Å². The van der Waals surface area contributed by atoms with E-state index in [0.29, 0.717) is 25.2 Å². The monoisotopic (exact) mass is 504 g/mol. The predicted molar refractivity (Wildman–Crippen MR) is 137 cm³/mol. The van der Waals surface area contributed by atoms with Crippen molar-refractivity contribution >= 4 is 28.5 Å². The van der Waals surface area contributed by atoms with E-state index in [1.54, 1.807) is 25.2 Å². The van der Waals surface area contributed by atoms with Gasteiger partial charge in [-0.25, -0.2) is 9.78 Å². The molecule has 0 unspecified atom stereocenters. The number of amides is 1. The first kappa shape index (κ1) is 26.7. The molecule has 1 amide bonds. The van der Waals surface area contributed by atoms with Crippen molar-refractivity contribution in [2.45, 2.75) is 52.7 Å². The number of likely N-dealkylation sites (N-methyl/N-ethyl adjacent to an activating group) is 1. The Hall–Kier alpha value is -2.85. The van der Waals surface area contributed by atoms with E-state index in [9.17, 15) is 9.59 Å². The fraction of sp³-hybridized carbons (Fsp3) is 0.560. The molecule has 0 atom stereocenters. The molecule has 192 valence electrons. The van der Waals surface area contributed by atoms with Gasteiger partial charge in [-0.05, 0) is 57.5 Å².